The molecule has 2 fully saturated rings. The zero-order valence-electron chi connectivity index (χ0n) is 19.1. The summed E-state index contributed by atoms with van der Waals surface area (Å²) in [5.41, 5.74) is 3.58. The summed E-state index contributed by atoms with van der Waals surface area (Å²) in [5.74, 6) is 2.08. The maximum Gasteiger partial charge on any atom is 0.222 e. The van der Waals surface area contributed by atoms with Gasteiger partial charge in [0.1, 0.15) is 5.75 Å². The predicted octanol–water partition coefficient (Wildman–Crippen LogP) is 2.72. The van der Waals surface area contributed by atoms with E-state index >= 15 is 0 Å². The van der Waals surface area contributed by atoms with Gasteiger partial charge in [0.05, 0.1) is 7.11 Å². The van der Waals surface area contributed by atoms with Gasteiger partial charge in [-0.1, -0.05) is 30.3 Å². The van der Waals surface area contributed by atoms with Gasteiger partial charge >= 0.3 is 0 Å². The number of rotatable bonds is 6. The van der Waals surface area contributed by atoms with Crippen LogP contribution in [0.15, 0.2) is 53.5 Å². The molecule has 2 heterocycles. The molecule has 2 saturated heterocycles. The average Bonchev–Trinajstić information content (AvgIpc) is 3.24. The first-order valence-electron chi connectivity index (χ1n) is 11.4. The molecule has 32 heavy (non-hydrogen) atoms. The third kappa shape index (κ3) is 5.33. The van der Waals surface area contributed by atoms with Crippen molar-refractivity contribution in [2.75, 3.05) is 51.8 Å². The van der Waals surface area contributed by atoms with Gasteiger partial charge in [-0.2, -0.15) is 0 Å². The molecular formula is C25H33N5O2. The lowest BCUT2D eigenvalue weighted by molar-refractivity contribution is -0.128. The number of likely N-dealkylation sites (tertiary alicyclic amines) is 1. The molecule has 7 nitrogen and oxygen atoms in total. The number of amides is 1. The lowest BCUT2D eigenvalue weighted by Crippen LogP contribution is -2.52. The summed E-state index contributed by atoms with van der Waals surface area (Å²) >= 11 is 0. The molecule has 0 saturated carbocycles. The van der Waals surface area contributed by atoms with Gasteiger partial charge in [0, 0.05) is 71.0 Å². The largest absolute Gasteiger partial charge is 0.497 e. The third-order valence-electron chi connectivity index (χ3n) is 6.20. The quantitative estimate of drug-likeness (QED) is 0.559. The first-order chi connectivity index (χ1) is 15.7. The van der Waals surface area contributed by atoms with Crippen LogP contribution in [0, 0.1) is 0 Å². The Labute approximate surface area is 190 Å². The molecule has 2 aromatic carbocycles. The number of aliphatic imine (C=N–C) groups is 1. The number of ether oxygens (including phenoxy) is 1. The van der Waals surface area contributed by atoms with Gasteiger partial charge in [-0.3, -0.25) is 9.79 Å². The number of hydrogen-bond acceptors (Lipinski definition) is 4. The van der Waals surface area contributed by atoms with E-state index in [0.717, 1.165) is 50.9 Å². The van der Waals surface area contributed by atoms with Crippen molar-refractivity contribution in [2.24, 2.45) is 4.99 Å². The van der Waals surface area contributed by atoms with E-state index in [2.05, 4.69) is 56.5 Å². The molecule has 0 aromatic heterocycles. The van der Waals surface area contributed by atoms with E-state index < -0.39 is 0 Å². The molecular weight excluding hydrogens is 402 g/mol. The molecule has 0 atom stereocenters. The van der Waals surface area contributed by atoms with Crippen molar-refractivity contribution < 1.29 is 9.53 Å². The van der Waals surface area contributed by atoms with Crippen LogP contribution in [0.3, 0.4) is 0 Å². The lowest BCUT2D eigenvalue weighted by atomic mass is 10.1. The number of carbonyl (C=O) groups excluding carboxylic acids is 1. The molecule has 1 N–H and O–H groups in total. The molecule has 4 rings (SSSR count). The van der Waals surface area contributed by atoms with E-state index in [1.54, 1.807) is 7.11 Å². The van der Waals surface area contributed by atoms with Crippen molar-refractivity contribution in [2.45, 2.75) is 25.9 Å². The van der Waals surface area contributed by atoms with E-state index in [4.69, 9.17) is 4.74 Å². The Hall–Kier alpha value is -3.22. The Balaban J connectivity index is 1.30. The van der Waals surface area contributed by atoms with E-state index in [9.17, 15) is 4.79 Å². The molecule has 1 amide bonds. The zero-order chi connectivity index (χ0) is 22.3. The van der Waals surface area contributed by atoms with Crippen LogP contribution in [0.1, 0.15) is 24.0 Å². The lowest BCUT2D eigenvalue weighted by Gasteiger charge is -2.37. The van der Waals surface area contributed by atoms with Gasteiger partial charge in [0.25, 0.3) is 0 Å². The highest BCUT2D eigenvalue weighted by Gasteiger charge is 2.21. The maximum absolute atomic E-state index is 11.9. The highest BCUT2D eigenvalue weighted by molar-refractivity contribution is 5.80. The predicted molar refractivity (Wildman–Crippen MR) is 128 cm³/mol. The van der Waals surface area contributed by atoms with Crippen LogP contribution in [0.2, 0.25) is 0 Å². The third-order valence-corrected chi connectivity index (χ3v) is 6.20. The fraction of sp³-hybridized carbons (Fsp3) is 0.440. The summed E-state index contributed by atoms with van der Waals surface area (Å²) in [6.45, 7) is 5.98. The van der Waals surface area contributed by atoms with Crippen molar-refractivity contribution in [3.63, 3.8) is 0 Å². The smallest absolute Gasteiger partial charge is 0.222 e. The maximum atomic E-state index is 11.9. The van der Waals surface area contributed by atoms with Gasteiger partial charge < -0.3 is 24.8 Å². The summed E-state index contributed by atoms with van der Waals surface area (Å²) in [5, 5.41) is 3.51. The molecule has 0 radical (unpaired) electrons. The van der Waals surface area contributed by atoms with Crippen molar-refractivity contribution in [1.82, 2.24) is 15.1 Å². The second-order valence-electron chi connectivity index (χ2n) is 8.32. The molecule has 0 aliphatic carbocycles. The Bertz CT molecular complexity index is 953. The van der Waals surface area contributed by atoms with Gasteiger partial charge in [-0.25, -0.2) is 0 Å². The van der Waals surface area contributed by atoms with Crippen molar-refractivity contribution in [3.8, 4) is 5.75 Å². The topological polar surface area (TPSA) is 60.4 Å². The summed E-state index contributed by atoms with van der Waals surface area (Å²) in [4.78, 5) is 23.1. The Morgan fingerprint density at radius 1 is 1.03 bits per heavy atom. The number of piperazine rings is 1. The summed E-state index contributed by atoms with van der Waals surface area (Å²) in [6.07, 6.45) is 1.66. The van der Waals surface area contributed by atoms with Crippen LogP contribution in [0.4, 0.5) is 5.69 Å². The van der Waals surface area contributed by atoms with Crippen molar-refractivity contribution >= 4 is 17.6 Å². The Morgan fingerprint density at radius 2 is 1.81 bits per heavy atom. The van der Waals surface area contributed by atoms with E-state index in [0.29, 0.717) is 19.5 Å². The van der Waals surface area contributed by atoms with Crippen LogP contribution in [0.25, 0.3) is 0 Å². The monoisotopic (exact) mass is 435 g/mol. The first-order valence-corrected chi connectivity index (χ1v) is 11.4. The molecule has 2 aliphatic rings. The molecule has 2 aliphatic heterocycles. The number of carbonyl (C=O) groups is 1. The molecule has 170 valence electrons. The number of nitrogens with zero attached hydrogens (tertiary/aromatic N) is 4. The van der Waals surface area contributed by atoms with Gasteiger partial charge in [-0.15, -0.1) is 0 Å². The Morgan fingerprint density at radius 3 is 2.53 bits per heavy atom. The number of methoxy groups -OCH3 is 1. The standard InChI is InChI=1S/C25H33N5O2/c1-26-25(29-14-12-28(13-15-29)22-8-4-9-23(17-22)32-2)27-18-20-6-3-7-21(16-20)19-30-11-5-10-24(30)31/h3-4,6-9,16-17H,5,10-15,18-19H2,1-2H3,(H,26,27). The number of anilines is 1. The molecule has 7 heteroatoms. The number of benzene rings is 2. The minimum Gasteiger partial charge on any atom is -0.497 e. The molecule has 0 unspecified atom stereocenters. The SMILES string of the molecule is CN=C(NCc1cccc(CN2CCCC2=O)c1)N1CCN(c2cccc(OC)c2)CC1. The highest BCUT2D eigenvalue weighted by Crippen LogP contribution is 2.22. The van der Waals surface area contributed by atoms with E-state index in [1.165, 1.54) is 16.8 Å². The van der Waals surface area contributed by atoms with Crippen LogP contribution in [0.5, 0.6) is 5.75 Å². The number of hydrogen-bond donors (Lipinski definition) is 1. The van der Waals surface area contributed by atoms with E-state index in [1.807, 2.05) is 24.1 Å². The normalized spacial score (nSPS) is 17.1. The second kappa shape index (κ2) is 10.4. The van der Waals surface area contributed by atoms with Crippen LogP contribution < -0.4 is 15.0 Å². The zero-order valence-corrected chi connectivity index (χ0v) is 19.1. The van der Waals surface area contributed by atoms with Crippen LogP contribution in [-0.2, 0) is 17.9 Å². The molecule has 2 aromatic rings. The van der Waals surface area contributed by atoms with Crippen LogP contribution >= 0.6 is 0 Å². The van der Waals surface area contributed by atoms with E-state index in [-0.39, 0.29) is 5.91 Å². The van der Waals surface area contributed by atoms with Gasteiger partial charge in [0.15, 0.2) is 5.96 Å². The number of nitrogens with one attached hydrogen (secondary N) is 1. The fourth-order valence-corrected chi connectivity index (χ4v) is 4.43. The summed E-state index contributed by atoms with van der Waals surface area (Å²) in [7, 11) is 3.54. The first kappa shape index (κ1) is 22.0. The summed E-state index contributed by atoms with van der Waals surface area (Å²) < 4.78 is 5.36. The van der Waals surface area contributed by atoms with Crippen LogP contribution in [-0.4, -0.2) is 68.5 Å². The molecule has 0 bridgehead atoms. The highest BCUT2D eigenvalue weighted by atomic mass is 16.5. The fourth-order valence-electron chi connectivity index (χ4n) is 4.43. The Kier molecular flexibility index (Phi) is 7.14. The van der Waals surface area contributed by atoms with Crippen molar-refractivity contribution in [1.29, 1.82) is 0 Å². The average molecular weight is 436 g/mol. The van der Waals surface area contributed by atoms with Gasteiger partial charge in [0.2, 0.25) is 5.91 Å². The second-order valence-corrected chi connectivity index (χ2v) is 8.32. The minimum absolute atomic E-state index is 0.266. The number of guanidine groups is 1. The summed E-state index contributed by atoms with van der Waals surface area (Å²) in [6, 6.07) is 16.7. The van der Waals surface area contributed by atoms with Crippen molar-refractivity contribution in [3.05, 3.63) is 59.7 Å². The van der Waals surface area contributed by atoms with Gasteiger partial charge in [-0.05, 0) is 29.7 Å². The minimum atomic E-state index is 0.266. The molecule has 0 spiro atoms.